The lowest BCUT2D eigenvalue weighted by Crippen LogP contribution is -1.68. The molecule has 0 saturated heterocycles. The van der Waals surface area contributed by atoms with Crippen LogP contribution < -0.4 is 0 Å². The number of hydrogen-bond donors (Lipinski definition) is 0. The minimum absolute atomic E-state index is 1.10. The Morgan fingerprint density at radius 1 is 1.71 bits per heavy atom. The van der Waals surface area contributed by atoms with Crippen LogP contribution in [-0.2, 0) is 4.10 Å². The van der Waals surface area contributed by atoms with E-state index in [4.69, 9.17) is 8.05 Å². The Balaban J connectivity index is 2.45. The van der Waals surface area contributed by atoms with Crippen molar-refractivity contribution in [2.75, 3.05) is 5.75 Å². The summed E-state index contributed by atoms with van der Waals surface area (Å²) < 4.78 is 4.22. The molecule has 0 bridgehead atoms. The third-order valence-electron chi connectivity index (χ3n) is 0.375. The van der Waals surface area contributed by atoms with Crippen LogP contribution in [0.3, 0.4) is 0 Å². The Kier molecular flexibility index (Phi) is 7.42. The topological polar surface area (TPSA) is 9.23 Å². The van der Waals surface area contributed by atoms with Gasteiger partial charge in [0.1, 0.15) is 0 Å². The molecule has 0 aromatic rings. The summed E-state index contributed by atoms with van der Waals surface area (Å²) in [5, 5.41) is 0. The molecule has 0 unspecified atom stereocenters. The van der Waals surface area contributed by atoms with Crippen molar-refractivity contribution >= 4 is 29.9 Å². The van der Waals surface area contributed by atoms with Gasteiger partial charge in [0.15, 0.2) is 0 Å². The molecule has 0 N–H and O–H groups in total. The van der Waals surface area contributed by atoms with E-state index in [-0.39, 0.29) is 0 Å². The zero-order valence-corrected chi connectivity index (χ0v) is 5.85. The molecule has 0 aliphatic rings. The third kappa shape index (κ3) is 6.72. The van der Waals surface area contributed by atoms with E-state index in [1.165, 1.54) is 17.5 Å². The van der Waals surface area contributed by atoms with Gasteiger partial charge in [-0.15, -0.1) is 0 Å². The fourth-order valence-electron chi connectivity index (χ4n) is 0.145. The lowest BCUT2D eigenvalue weighted by Gasteiger charge is -1.91. The van der Waals surface area contributed by atoms with Gasteiger partial charge in [0.05, 0.1) is 0 Å². The molecule has 0 aromatic heterocycles. The number of hydrogen-bond acceptors (Lipinski definition) is 3. The van der Waals surface area contributed by atoms with Crippen molar-refractivity contribution in [1.29, 1.82) is 0 Å². The SMILES string of the molecule is [B]OSSCCC. The normalized spacial score (nSPS) is 9.29. The van der Waals surface area contributed by atoms with Crippen molar-refractivity contribution < 1.29 is 4.10 Å². The van der Waals surface area contributed by atoms with Gasteiger partial charge in [-0.1, -0.05) is 17.7 Å². The Morgan fingerprint density at radius 3 is 2.86 bits per heavy atom. The molecular weight excluding hydrogens is 127 g/mol. The highest BCUT2D eigenvalue weighted by atomic mass is 33.1. The second-order valence-corrected chi connectivity index (χ2v) is 3.07. The van der Waals surface area contributed by atoms with E-state index in [2.05, 4.69) is 11.0 Å². The summed E-state index contributed by atoms with van der Waals surface area (Å²) in [6.07, 6.45) is 1.17. The van der Waals surface area contributed by atoms with Gasteiger partial charge < -0.3 is 4.10 Å². The smallest absolute Gasteiger partial charge is 0.306 e. The van der Waals surface area contributed by atoms with Crippen LogP contribution in [-0.4, -0.2) is 13.8 Å². The largest absolute Gasteiger partial charge is 0.381 e. The van der Waals surface area contributed by atoms with E-state index >= 15 is 0 Å². The second kappa shape index (κ2) is 6.72. The second-order valence-electron chi connectivity index (χ2n) is 0.986. The Morgan fingerprint density at radius 2 is 2.43 bits per heavy atom. The van der Waals surface area contributed by atoms with Crippen LogP contribution in [0.5, 0.6) is 0 Å². The van der Waals surface area contributed by atoms with Gasteiger partial charge in [0, 0.05) is 16.8 Å². The predicted molar refractivity (Wildman–Crippen MR) is 37.2 cm³/mol. The fraction of sp³-hybridized carbons (Fsp3) is 1.00. The highest BCUT2D eigenvalue weighted by molar-refractivity contribution is 8.75. The lowest BCUT2D eigenvalue weighted by molar-refractivity contribution is 0.736. The van der Waals surface area contributed by atoms with Crippen LogP contribution in [0.15, 0.2) is 0 Å². The molecule has 0 rings (SSSR count). The van der Waals surface area contributed by atoms with Crippen molar-refractivity contribution in [3.63, 3.8) is 0 Å². The molecule has 4 heteroatoms. The molecule has 1 nitrogen and oxygen atoms in total. The van der Waals surface area contributed by atoms with E-state index < -0.39 is 0 Å². The van der Waals surface area contributed by atoms with Crippen LogP contribution in [0, 0.1) is 0 Å². The molecule has 0 aliphatic heterocycles. The monoisotopic (exact) mass is 134 g/mol. The van der Waals surface area contributed by atoms with E-state index in [1.54, 1.807) is 10.8 Å². The van der Waals surface area contributed by atoms with Crippen LogP contribution in [0.2, 0.25) is 0 Å². The first kappa shape index (κ1) is 7.72. The van der Waals surface area contributed by atoms with Crippen LogP contribution >= 0.6 is 21.9 Å². The fourth-order valence-corrected chi connectivity index (χ4v) is 1.31. The summed E-state index contributed by atoms with van der Waals surface area (Å²) in [7, 11) is 6.33. The summed E-state index contributed by atoms with van der Waals surface area (Å²) in [6.45, 7) is 2.12. The van der Waals surface area contributed by atoms with Gasteiger partial charge in [-0.3, -0.25) is 0 Å². The van der Waals surface area contributed by atoms with Crippen molar-refractivity contribution in [2.45, 2.75) is 13.3 Å². The molecule has 0 saturated carbocycles. The van der Waals surface area contributed by atoms with E-state index in [1.807, 2.05) is 0 Å². The molecule has 0 fully saturated rings. The van der Waals surface area contributed by atoms with E-state index in [0.717, 1.165) is 5.75 Å². The Hall–Kier alpha value is 0.725. The maximum absolute atomic E-state index is 4.71. The molecule has 0 heterocycles. The maximum atomic E-state index is 4.71. The molecular formula is C3H7BOS2. The zero-order valence-electron chi connectivity index (χ0n) is 4.22. The lowest BCUT2D eigenvalue weighted by atomic mass is 10.6. The standard InChI is InChI=1S/C3H7BOS2/c1-2-3-6-7-5-4/h2-3H2,1H3. The quantitative estimate of drug-likeness (QED) is 0.251. The molecule has 40 valence electrons. The summed E-state index contributed by atoms with van der Waals surface area (Å²) in [6, 6.07) is 0. The average Bonchev–Trinajstić information content (AvgIpc) is 1.69. The Bertz CT molecular complexity index is 32.1. The van der Waals surface area contributed by atoms with Gasteiger partial charge in [-0.25, -0.2) is 0 Å². The van der Waals surface area contributed by atoms with Gasteiger partial charge in [0.2, 0.25) is 0 Å². The van der Waals surface area contributed by atoms with Crippen molar-refractivity contribution in [3.05, 3.63) is 0 Å². The first-order chi connectivity index (χ1) is 3.41. The third-order valence-corrected chi connectivity index (χ3v) is 2.15. The van der Waals surface area contributed by atoms with Crippen LogP contribution in [0.1, 0.15) is 13.3 Å². The predicted octanol–water partition coefficient (Wildman–Crippen LogP) is 1.79. The van der Waals surface area contributed by atoms with Gasteiger partial charge >= 0.3 is 8.05 Å². The highest BCUT2D eigenvalue weighted by Crippen LogP contribution is 2.20. The highest BCUT2D eigenvalue weighted by Gasteiger charge is 1.81. The molecule has 0 aromatic carbocycles. The summed E-state index contributed by atoms with van der Waals surface area (Å²) in [5.74, 6) is 1.10. The van der Waals surface area contributed by atoms with Crippen LogP contribution in [0.4, 0.5) is 0 Å². The molecule has 7 heavy (non-hydrogen) atoms. The summed E-state index contributed by atoms with van der Waals surface area (Å²) >= 11 is 1.23. The number of rotatable bonds is 4. The summed E-state index contributed by atoms with van der Waals surface area (Å²) in [5.41, 5.74) is 0. The minimum atomic E-state index is 1.10. The molecule has 2 radical (unpaired) electrons. The molecule has 0 atom stereocenters. The molecule has 0 aliphatic carbocycles. The maximum Gasteiger partial charge on any atom is 0.306 e. The summed E-state index contributed by atoms with van der Waals surface area (Å²) in [4.78, 5) is 0. The Labute approximate surface area is 53.6 Å². The average molecular weight is 134 g/mol. The van der Waals surface area contributed by atoms with Gasteiger partial charge in [0.25, 0.3) is 0 Å². The molecule has 0 amide bonds. The van der Waals surface area contributed by atoms with Crippen molar-refractivity contribution in [1.82, 2.24) is 0 Å². The molecule has 0 spiro atoms. The van der Waals surface area contributed by atoms with E-state index in [0.29, 0.717) is 0 Å². The van der Waals surface area contributed by atoms with E-state index in [9.17, 15) is 0 Å². The zero-order chi connectivity index (χ0) is 5.54. The minimum Gasteiger partial charge on any atom is -0.381 e. The first-order valence-corrected chi connectivity index (χ1v) is 4.31. The van der Waals surface area contributed by atoms with Gasteiger partial charge in [-0.05, 0) is 6.42 Å². The first-order valence-electron chi connectivity index (χ1n) is 2.06. The van der Waals surface area contributed by atoms with Crippen LogP contribution in [0.25, 0.3) is 0 Å². The van der Waals surface area contributed by atoms with Crippen molar-refractivity contribution in [3.8, 4) is 0 Å². The van der Waals surface area contributed by atoms with Crippen molar-refractivity contribution in [2.24, 2.45) is 0 Å². The van der Waals surface area contributed by atoms with Gasteiger partial charge in [-0.2, -0.15) is 0 Å².